The summed E-state index contributed by atoms with van der Waals surface area (Å²) in [7, 11) is 0. The molecule has 0 radical (unpaired) electrons. The third-order valence-corrected chi connectivity index (χ3v) is 4.02. The molecule has 2 aromatic carbocycles. The highest BCUT2D eigenvalue weighted by Crippen LogP contribution is 2.30. The summed E-state index contributed by atoms with van der Waals surface area (Å²) in [6.07, 6.45) is -3.71. The number of nitrogens with two attached hydrogens (primary N) is 1. The molecule has 24 heavy (non-hydrogen) atoms. The lowest BCUT2D eigenvalue weighted by Crippen LogP contribution is -2.15. The molecular formula is C19H22F3NO. The number of halogens is 3. The Bertz CT molecular complexity index is 665. The highest BCUT2D eigenvalue weighted by Gasteiger charge is 2.30. The summed E-state index contributed by atoms with van der Waals surface area (Å²) in [5.74, 6) is 0.891. The molecule has 1 unspecified atom stereocenters. The second-order valence-electron chi connectivity index (χ2n) is 5.79. The van der Waals surface area contributed by atoms with Crippen molar-refractivity contribution in [2.45, 2.75) is 32.4 Å². The van der Waals surface area contributed by atoms with E-state index in [9.17, 15) is 13.2 Å². The van der Waals surface area contributed by atoms with E-state index < -0.39 is 11.7 Å². The molecule has 2 nitrogen and oxygen atoms in total. The molecule has 1 atom stereocenters. The van der Waals surface area contributed by atoms with Crippen molar-refractivity contribution >= 4 is 0 Å². The molecule has 0 aliphatic carbocycles. The van der Waals surface area contributed by atoms with Gasteiger partial charge in [-0.3, -0.25) is 0 Å². The maximum atomic E-state index is 12.6. The molecule has 0 amide bonds. The van der Waals surface area contributed by atoms with E-state index in [1.165, 1.54) is 12.1 Å². The average molecular weight is 337 g/mol. The minimum Gasteiger partial charge on any atom is -0.494 e. The van der Waals surface area contributed by atoms with Crippen LogP contribution in [0, 0.1) is 6.92 Å². The van der Waals surface area contributed by atoms with Gasteiger partial charge in [-0.2, -0.15) is 13.2 Å². The molecular weight excluding hydrogens is 315 g/mol. The lowest BCUT2D eigenvalue weighted by molar-refractivity contribution is -0.137. The van der Waals surface area contributed by atoms with Gasteiger partial charge in [-0.05, 0) is 61.7 Å². The summed E-state index contributed by atoms with van der Waals surface area (Å²) in [6, 6.07) is 11.2. The lowest BCUT2D eigenvalue weighted by atomic mass is 9.90. The smallest absolute Gasteiger partial charge is 0.416 e. The van der Waals surface area contributed by atoms with E-state index in [0.717, 1.165) is 34.6 Å². The molecule has 2 aromatic rings. The molecule has 130 valence electrons. The molecule has 2 N–H and O–H groups in total. The highest BCUT2D eigenvalue weighted by molar-refractivity contribution is 5.38. The van der Waals surface area contributed by atoms with Crippen LogP contribution in [0.5, 0.6) is 5.75 Å². The summed E-state index contributed by atoms with van der Waals surface area (Å²) in [4.78, 5) is 0. The first kappa shape index (κ1) is 18.3. The number of ether oxygens (including phenoxy) is 1. The predicted octanol–water partition coefficient (Wildman–Crippen LogP) is 4.70. The summed E-state index contributed by atoms with van der Waals surface area (Å²) < 4.78 is 43.4. The van der Waals surface area contributed by atoms with Crippen molar-refractivity contribution in [1.29, 1.82) is 0 Å². The molecule has 0 fully saturated rings. The Balaban J connectivity index is 2.16. The van der Waals surface area contributed by atoms with Gasteiger partial charge < -0.3 is 10.5 Å². The van der Waals surface area contributed by atoms with E-state index in [4.69, 9.17) is 10.5 Å². The fraction of sp³-hybridized carbons (Fsp3) is 0.368. The largest absolute Gasteiger partial charge is 0.494 e. The first-order valence-corrected chi connectivity index (χ1v) is 7.94. The summed E-state index contributed by atoms with van der Waals surface area (Å²) in [5, 5.41) is 0. The van der Waals surface area contributed by atoms with Crippen LogP contribution in [0.2, 0.25) is 0 Å². The van der Waals surface area contributed by atoms with Crippen molar-refractivity contribution in [3.8, 4) is 5.75 Å². The van der Waals surface area contributed by atoms with E-state index >= 15 is 0 Å². The standard InChI is InChI=1S/C19H22F3NO/c1-3-24-18-9-6-15(10-13(18)2)16(12-23)11-14-4-7-17(8-5-14)19(20,21)22/h4-10,16H,3,11-12,23H2,1-2H3. The molecule has 5 heteroatoms. The van der Waals surface area contributed by atoms with Gasteiger partial charge in [0.25, 0.3) is 0 Å². The second kappa shape index (κ2) is 7.71. The third-order valence-electron chi connectivity index (χ3n) is 4.02. The Labute approximate surface area is 140 Å². The van der Waals surface area contributed by atoms with Crippen LogP contribution in [0.4, 0.5) is 13.2 Å². The van der Waals surface area contributed by atoms with E-state index in [0.29, 0.717) is 19.6 Å². The molecule has 2 rings (SSSR count). The number of benzene rings is 2. The van der Waals surface area contributed by atoms with E-state index in [-0.39, 0.29) is 5.92 Å². The van der Waals surface area contributed by atoms with Crippen LogP contribution < -0.4 is 10.5 Å². The Hall–Kier alpha value is -2.01. The minimum atomic E-state index is -4.31. The molecule has 0 saturated carbocycles. The zero-order valence-electron chi connectivity index (χ0n) is 13.9. The Morgan fingerprint density at radius 2 is 1.75 bits per heavy atom. The zero-order chi connectivity index (χ0) is 17.7. The lowest BCUT2D eigenvalue weighted by Gasteiger charge is -2.18. The van der Waals surface area contributed by atoms with Gasteiger partial charge in [-0.1, -0.05) is 24.3 Å². The molecule has 0 aliphatic rings. The van der Waals surface area contributed by atoms with Crippen LogP contribution in [0.1, 0.15) is 35.1 Å². The zero-order valence-corrected chi connectivity index (χ0v) is 13.9. The van der Waals surface area contributed by atoms with Crippen molar-refractivity contribution in [1.82, 2.24) is 0 Å². The highest BCUT2D eigenvalue weighted by atomic mass is 19.4. The summed E-state index contributed by atoms with van der Waals surface area (Å²) in [5.41, 5.74) is 8.19. The fourth-order valence-corrected chi connectivity index (χ4v) is 2.70. The van der Waals surface area contributed by atoms with Crippen molar-refractivity contribution in [3.05, 3.63) is 64.7 Å². The van der Waals surface area contributed by atoms with Gasteiger partial charge in [0, 0.05) is 5.92 Å². The third kappa shape index (κ3) is 4.51. The van der Waals surface area contributed by atoms with Crippen LogP contribution >= 0.6 is 0 Å². The fourth-order valence-electron chi connectivity index (χ4n) is 2.70. The molecule has 0 aliphatic heterocycles. The van der Waals surface area contributed by atoms with Crippen LogP contribution in [-0.4, -0.2) is 13.2 Å². The maximum absolute atomic E-state index is 12.6. The molecule has 0 spiro atoms. The number of alkyl halides is 3. The van der Waals surface area contributed by atoms with Gasteiger partial charge in [0.05, 0.1) is 12.2 Å². The number of aryl methyl sites for hydroxylation is 1. The van der Waals surface area contributed by atoms with E-state index in [2.05, 4.69) is 0 Å². The van der Waals surface area contributed by atoms with Crippen molar-refractivity contribution in [2.24, 2.45) is 5.73 Å². The predicted molar refractivity (Wildman–Crippen MR) is 89.3 cm³/mol. The number of hydrogen-bond acceptors (Lipinski definition) is 2. The maximum Gasteiger partial charge on any atom is 0.416 e. The van der Waals surface area contributed by atoms with Gasteiger partial charge in [0.1, 0.15) is 5.75 Å². The van der Waals surface area contributed by atoms with Gasteiger partial charge in [-0.25, -0.2) is 0 Å². The van der Waals surface area contributed by atoms with Crippen molar-refractivity contribution < 1.29 is 17.9 Å². The van der Waals surface area contributed by atoms with Crippen LogP contribution in [-0.2, 0) is 12.6 Å². The van der Waals surface area contributed by atoms with Gasteiger partial charge in [0.15, 0.2) is 0 Å². The normalized spacial score (nSPS) is 12.9. The molecule has 0 bridgehead atoms. The van der Waals surface area contributed by atoms with Crippen LogP contribution in [0.15, 0.2) is 42.5 Å². The first-order valence-electron chi connectivity index (χ1n) is 7.94. The van der Waals surface area contributed by atoms with E-state index in [1.807, 2.05) is 32.0 Å². The average Bonchev–Trinajstić information content (AvgIpc) is 2.54. The van der Waals surface area contributed by atoms with Gasteiger partial charge in [0.2, 0.25) is 0 Å². The second-order valence-corrected chi connectivity index (χ2v) is 5.79. The topological polar surface area (TPSA) is 35.2 Å². The van der Waals surface area contributed by atoms with Gasteiger partial charge >= 0.3 is 6.18 Å². The molecule has 0 saturated heterocycles. The molecule has 0 aromatic heterocycles. The minimum absolute atomic E-state index is 0.0520. The first-order chi connectivity index (χ1) is 11.3. The SMILES string of the molecule is CCOc1ccc(C(CN)Cc2ccc(C(F)(F)F)cc2)cc1C. The summed E-state index contributed by atoms with van der Waals surface area (Å²) in [6.45, 7) is 4.93. The van der Waals surface area contributed by atoms with Crippen LogP contribution in [0.25, 0.3) is 0 Å². The van der Waals surface area contributed by atoms with E-state index in [1.54, 1.807) is 0 Å². The quantitative estimate of drug-likeness (QED) is 0.829. The number of hydrogen-bond donors (Lipinski definition) is 1. The number of rotatable bonds is 6. The van der Waals surface area contributed by atoms with Crippen LogP contribution in [0.3, 0.4) is 0 Å². The van der Waals surface area contributed by atoms with Crippen molar-refractivity contribution in [3.63, 3.8) is 0 Å². The monoisotopic (exact) mass is 337 g/mol. The Morgan fingerprint density at radius 3 is 2.25 bits per heavy atom. The Morgan fingerprint density at radius 1 is 1.08 bits per heavy atom. The molecule has 0 heterocycles. The van der Waals surface area contributed by atoms with Crippen molar-refractivity contribution in [2.75, 3.05) is 13.2 Å². The van der Waals surface area contributed by atoms with Gasteiger partial charge in [-0.15, -0.1) is 0 Å². The Kier molecular flexibility index (Phi) is 5.89. The summed E-state index contributed by atoms with van der Waals surface area (Å²) >= 11 is 0.